The Hall–Kier alpha value is -2.74. The van der Waals surface area contributed by atoms with Gasteiger partial charge in [-0.3, -0.25) is 9.59 Å². The molecule has 1 aliphatic carbocycles. The van der Waals surface area contributed by atoms with Crippen LogP contribution in [0.25, 0.3) is 0 Å². The van der Waals surface area contributed by atoms with Gasteiger partial charge in [0, 0.05) is 22.3 Å². The molecule has 2 aromatic carbocycles. The zero-order valence-electron chi connectivity index (χ0n) is 14.0. The lowest BCUT2D eigenvalue weighted by atomic mass is 9.92. The van der Waals surface area contributed by atoms with E-state index in [0.29, 0.717) is 16.7 Å². The molecule has 0 amide bonds. The van der Waals surface area contributed by atoms with E-state index < -0.39 is 0 Å². The van der Waals surface area contributed by atoms with E-state index in [0.717, 1.165) is 24.0 Å². The van der Waals surface area contributed by atoms with E-state index in [1.54, 1.807) is 24.3 Å². The second kappa shape index (κ2) is 6.79. The third-order valence-corrected chi connectivity index (χ3v) is 4.35. The summed E-state index contributed by atoms with van der Waals surface area (Å²) in [5.74, 6) is -0.0460. The molecule has 2 aromatic rings. The van der Waals surface area contributed by atoms with E-state index in [1.165, 1.54) is 5.57 Å². The van der Waals surface area contributed by atoms with Crippen molar-refractivity contribution in [1.82, 2.24) is 0 Å². The van der Waals surface area contributed by atoms with Gasteiger partial charge in [0.15, 0.2) is 11.6 Å². The van der Waals surface area contributed by atoms with Crippen LogP contribution in [0.5, 0.6) is 0 Å². The average Bonchev–Trinajstić information content (AvgIpc) is 2.62. The number of allylic oxidation sites excluding steroid dienone is 4. The average molecular weight is 316 g/mol. The van der Waals surface area contributed by atoms with Crippen LogP contribution in [0.15, 0.2) is 71.8 Å². The minimum atomic E-state index is -0.0574. The monoisotopic (exact) mass is 316 g/mol. The van der Waals surface area contributed by atoms with E-state index in [1.807, 2.05) is 43.3 Å². The molecule has 3 rings (SSSR count). The predicted molar refractivity (Wildman–Crippen MR) is 96.5 cm³/mol. The molecular formula is C22H20O2. The number of Topliss-reactive ketones (excluding diaryl/α,β-unsaturated/α-hetero) is 1. The van der Waals surface area contributed by atoms with E-state index in [2.05, 4.69) is 6.92 Å². The molecule has 2 nitrogen and oxygen atoms in total. The third kappa shape index (κ3) is 3.43. The maximum Gasteiger partial charge on any atom is 0.193 e. The zero-order chi connectivity index (χ0) is 17.1. The van der Waals surface area contributed by atoms with Crippen molar-refractivity contribution in [3.05, 3.63) is 94.1 Å². The van der Waals surface area contributed by atoms with Crippen molar-refractivity contribution in [2.24, 2.45) is 0 Å². The minimum absolute atomic E-state index is 0.0114. The van der Waals surface area contributed by atoms with Gasteiger partial charge in [0.25, 0.3) is 0 Å². The van der Waals surface area contributed by atoms with Gasteiger partial charge in [0.05, 0.1) is 0 Å². The second-order valence-electron chi connectivity index (χ2n) is 6.31. The number of carbonyl (C=O) groups is 2. The first-order valence-electron chi connectivity index (χ1n) is 8.17. The highest BCUT2D eigenvalue weighted by Crippen LogP contribution is 2.22. The highest BCUT2D eigenvalue weighted by atomic mass is 16.1. The Labute approximate surface area is 142 Å². The summed E-state index contributed by atoms with van der Waals surface area (Å²) in [6.45, 7) is 4.06. The summed E-state index contributed by atoms with van der Waals surface area (Å²) in [7, 11) is 0. The molecule has 24 heavy (non-hydrogen) atoms. The van der Waals surface area contributed by atoms with Crippen molar-refractivity contribution in [3.63, 3.8) is 0 Å². The molecule has 2 heteroatoms. The minimum Gasteiger partial charge on any atom is -0.289 e. The Kier molecular flexibility index (Phi) is 4.57. The number of ketones is 2. The molecule has 120 valence electrons. The molecule has 0 spiro atoms. The molecule has 0 unspecified atom stereocenters. The van der Waals surface area contributed by atoms with Gasteiger partial charge in [-0.25, -0.2) is 0 Å². The maximum atomic E-state index is 12.7. The second-order valence-corrected chi connectivity index (χ2v) is 6.31. The van der Waals surface area contributed by atoms with Crippen molar-refractivity contribution in [2.75, 3.05) is 0 Å². The number of hydrogen-bond acceptors (Lipinski definition) is 2. The quantitative estimate of drug-likeness (QED) is 0.738. The summed E-state index contributed by atoms with van der Waals surface area (Å²) >= 11 is 0. The highest BCUT2D eigenvalue weighted by molar-refractivity contribution is 6.13. The summed E-state index contributed by atoms with van der Waals surface area (Å²) in [6, 6.07) is 14.5. The molecule has 0 heterocycles. The molecule has 1 aliphatic rings. The highest BCUT2D eigenvalue weighted by Gasteiger charge is 2.16. The summed E-state index contributed by atoms with van der Waals surface area (Å²) < 4.78 is 0. The van der Waals surface area contributed by atoms with E-state index in [4.69, 9.17) is 0 Å². The van der Waals surface area contributed by atoms with Gasteiger partial charge in [-0.2, -0.15) is 0 Å². The molecule has 0 saturated heterocycles. The van der Waals surface area contributed by atoms with Crippen LogP contribution < -0.4 is 0 Å². The fraction of sp³-hybridized carbons (Fsp3) is 0.182. The fourth-order valence-corrected chi connectivity index (χ4v) is 2.79. The third-order valence-electron chi connectivity index (χ3n) is 4.35. The first-order valence-corrected chi connectivity index (χ1v) is 8.17. The summed E-state index contributed by atoms with van der Waals surface area (Å²) in [4.78, 5) is 25.3. The van der Waals surface area contributed by atoms with Crippen LogP contribution in [0.4, 0.5) is 0 Å². The van der Waals surface area contributed by atoms with E-state index in [9.17, 15) is 9.59 Å². The Morgan fingerprint density at radius 3 is 2.04 bits per heavy atom. The Bertz CT molecular complexity index is 852. The van der Waals surface area contributed by atoms with Crippen LogP contribution in [0.1, 0.15) is 51.6 Å². The molecule has 0 fully saturated rings. The number of hydrogen-bond donors (Lipinski definition) is 0. The Morgan fingerprint density at radius 1 is 0.750 bits per heavy atom. The van der Waals surface area contributed by atoms with E-state index in [-0.39, 0.29) is 11.6 Å². The SMILES string of the molecule is CC1=CC=C(C(=O)c2cccc(C(=O)c3ccc(C)cc3)c2)CC1. The van der Waals surface area contributed by atoms with Crippen molar-refractivity contribution in [2.45, 2.75) is 26.7 Å². The van der Waals surface area contributed by atoms with Gasteiger partial charge in [-0.15, -0.1) is 0 Å². The lowest BCUT2D eigenvalue weighted by molar-refractivity contribution is 0.103. The first-order chi connectivity index (χ1) is 11.5. The first kappa shape index (κ1) is 16.1. The Balaban J connectivity index is 1.88. The topological polar surface area (TPSA) is 34.1 Å². The molecule has 0 bridgehead atoms. The molecular weight excluding hydrogens is 296 g/mol. The Morgan fingerprint density at radius 2 is 1.42 bits per heavy atom. The van der Waals surface area contributed by atoms with Crippen molar-refractivity contribution in [1.29, 1.82) is 0 Å². The van der Waals surface area contributed by atoms with Gasteiger partial charge >= 0.3 is 0 Å². The van der Waals surface area contributed by atoms with Gasteiger partial charge in [-0.05, 0) is 32.8 Å². The maximum absolute atomic E-state index is 12.7. The number of rotatable bonds is 4. The lowest BCUT2D eigenvalue weighted by Gasteiger charge is -2.11. The zero-order valence-corrected chi connectivity index (χ0v) is 14.0. The van der Waals surface area contributed by atoms with Crippen LogP contribution in [0.2, 0.25) is 0 Å². The standard InChI is InChI=1S/C22H20O2/c1-15-6-10-17(11-7-15)21(23)19-4-3-5-20(14-19)22(24)18-12-8-16(2)9-13-18/h3-8,10-12,14H,9,13H2,1-2H3. The molecule has 0 saturated carbocycles. The molecule has 0 aliphatic heterocycles. The van der Waals surface area contributed by atoms with Gasteiger partial charge in [0.1, 0.15) is 0 Å². The lowest BCUT2D eigenvalue weighted by Crippen LogP contribution is -2.08. The molecule has 0 aromatic heterocycles. The molecule has 0 N–H and O–H groups in total. The van der Waals surface area contributed by atoms with Crippen LogP contribution in [0.3, 0.4) is 0 Å². The number of carbonyl (C=O) groups excluding carboxylic acids is 2. The largest absolute Gasteiger partial charge is 0.289 e. The smallest absolute Gasteiger partial charge is 0.193 e. The van der Waals surface area contributed by atoms with E-state index >= 15 is 0 Å². The van der Waals surface area contributed by atoms with Gasteiger partial charge in [-0.1, -0.05) is 65.8 Å². The predicted octanol–water partition coefficient (Wildman–Crippen LogP) is 5.08. The summed E-state index contributed by atoms with van der Waals surface area (Å²) in [5.41, 5.74) is 4.97. The van der Waals surface area contributed by atoms with Crippen molar-refractivity contribution in [3.8, 4) is 0 Å². The van der Waals surface area contributed by atoms with Crippen LogP contribution in [0, 0.1) is 6.92 Å². The van der Waals surface area contributed by atoms with Gasteiger partial charge < -0.3 is 0 Å². The normalized spacial score (nSPS) is 13.9. The molecule has 0 atom stereocenters. The number of aryl methyl sites for hydroxylation is 1. The van der Waals surface area contributed by atoms with Crippen LogP contribution >= 0.6 is 0 Å². The van der Waals surface area contributed by atoms with Gasteiger partial charge in [0.2, 0.25) is 0 Å². The van der Waals surface area contributed by atoms with Crippen molar-refractivity contribution >= 4 is 11.6 Å². The van der Waals surface area contributed by atoms with Crippen molar-refractivity contribution < 1.29 is 9.59 Å². The fourth-order valence-electron chi connectivity index (χ4n) is 2.79. The van der Waals surface area contributed by atoms with Crippen LogP contribution in [-0.4, -0.2) is 11.6 Å². The van der Waals surface area contributed by atoms with Crippen LogP contribution in [-0.2, 0) is 0 Å². The number of benzene rings is 2. The summed E-state index contributed by atoms with van der Waals surface area (Å²) in [6.07, 6.45) is 5.57. The molecule has 0 radical (unpaired) electrons. The summed E-state index contributed by atoms with van der Waals surface area (Å²) in [5, 5.41) is 0.